The van der Waals surface area contributed by atoms with Crippen molar-refractivity contribution >= 4 is 24.0 Å². The lowest BCUT2D eigenvalue weighted by atomic mass is 10.0. The first-order valence-corrected chi connectivity index (χ1v) is 17.0. The molecule has 0 aliphatic carbocycles. The number of carbonyl (C=O) groups is 4. The molecule has 3 aromatic rings. The van der Waals surface area contributed by atoms with Gasteiger partial charge in [-0.2, -0.15) is 0 Å². The normalized spacial score (nSPS) is 18.4. The molecule has 1 unspecified atom stereocenters. The van der Waals surface area contributed by atoms with Gasteiger partial charge in [0.15, 0.2) is 0 Å². The highest BCUT2D eigenvalue weighted by Gasteiger charge is 2.38. The highest BCUT2D eigenvalue weighted by molar-refractivity contribution is 5.87. The van der Waals surface area contributed by atoms with Crippen LogP contribution < -0.4 is 10.6 Å². The molecule has 4 atom stereocenters. The van der Waals surface area contributed by atoms with Gasteiger partial charge in [0.25, 0.3) is 0 Å². The zero-order valence-corrected chi connectivity index (χ0v) is 29.4. The fourth-order valence-electron chi connectivity index (χ4n) is 6.48. The Labute approximate surface area is 292 Å². The summed E-state index contributed by atoms with van der Waals surface area (Å²) in [5.41, 5.74) is 3.18. The number of rotatable bonds is 9. The monoisotopic (exact) mass is 686 g/mol. The number of benzene rings is 1. The van der Waals surface area contributed by atoms with E-state index in [1.54, 1.807) is 22.2 Å². The Balaban J connectivity index is 1.23. The molecule has 5 rings (SSSR count). The Morgan fingerprint density at radius 2 is 1.26 bits per heavy atom. The molecule has 2 fully saturated rings. The van der Waals surface area contributed by atoms with Gasteiger partial charge in [0.1, 0.15) is 29.4 Å². The van der Waals surface area contributed by atoms with E-state index in [1.165, 1.54) is 14.2 Å². The average molecular weight is 687 g/mol. The van der Waals surface area contributed by atoms with E-state index in [1.807, 2.05) is 52.0 Å². The third-order valence-electron chi connectivity index (χ3n) is 9.21. The molecule has 1 aromatic carbocycles. The van der Waals surface area contributed by atoms with Crippen molar-refractivity contribution < 1.29 is 28.7 Å². The average Bonchev–Trinajstić information content (AvgIpc) is 3.94. The molecule has 0 bridgehead atoms. The van der Waals surface area contributed by atoms with Crippen LogP contribution in [0.4, 0.5) is 9.59 Å². The van der Waals surface area contributed by atoms with E-state index in [0.717, 1.165) is 42.5 Å². The number of ether oxygens (including phenoxy) is 2. The topological polar surface area (TPSA) is 175 Å². The van der Waals surface area contributed by atoms with E-state index in [-0.39, 0.29) is 35.7 Å². The van der Waals surface area contributed by atoms with Crippen molar-refractivity contribution in [3.8, 4) is 23.1 Å². The third kappa shape index (κ3) is 8.10. The molecule has 2 aliphatic heterocycles. The summed E-state index contributed by atoms with van der Waals surface area (Å²) in [5.74, 6) is 7.13. The SMILES string of the molecule is COC(=O)N[C@H](C(=O)N1CCCC1c1ncc(-c2ccc(C#Cc3cnc([C@@H]4CCCN4C(=O)[C@@H](NC(=O)OC)C(C)C)[nH]3)cc2)[nH]1)C(C)C. The van der Waals surface area contributed by atoms with E-state index in [4.69, 9.17) is 9.47 Å². The summed E-state index contributed by atoms with van der Waals surface area (Å²) in [5, 5.41) is 5.34. The van der Waals surface area contributed by atoms with Crippen molar-refractivity contribution in [1.82, 2.24) is 40.4 Å². The summed E-state index contributed by atoms with van der Waals surface area (Å²) in [6.07, 6.45) is 5.36. The van der Waals surface area contributed by atoms with Crippen molar-refractivity contribution in [1.29, 1.82) is 0 Å². The summed E-state index contributed by atoms with van der Waals surface area (Å²) in [6.45, 7) is 8.70. The lowest BCUT2D eigenvalue weighted by Gasteiger charge is -2.30. The van der Waals surface area contributed by atoms with Crippen LogP contribution in [-0.2, 0) is 19.1 Å². The first-order valence-electron chi connectivity index (χ1n) is 17.0. The van der Waals surface area contributed by atoms with Gasteiger partial charge < -0.3 is 39.9 Å². The zero-order valence-electron chi connectivity index (χ0n) is 29.4. The summed E-state index contributed by atoms with van der Waals surface area (Å²) in [4.78, 5) is 70.0. The van der Waals surface area contributed by atoms with Crippen LogP contribution in [0.1, 0.15) is 88.4 Å². The van der Waals surface area contributed by atoms with E-state index in [2.05, 4.69) is 42.4 Å². The Morgan fingerprint density at radius 1 is 0.760 bits per heavy atom. The van der Waals surface area contributed by atoms with Gasteiger partial charge in [-0.05, 0) is 61.1 Å². The van der Waals surface area contributed by atoms with Gasteiger partial charge in [0.2, 0.25) is 11.8 Å². The van der Waals surface area contributed by atoms with Crippen LogP contribution in [0.2, 0.25) is 0 Å². The van der Waals surface area contributed by atoms with Crippen LogP contribution in [0.5, 0.6) is 0 Å². The maximum Gasteiger partial charge on any atom is 0.407 e. The minimum absolute atomic E-state index is 0.110. The number of nitrogens with one attached hydrogen (secondary N) is 4. The van der Waals surface area contributed by atoms with Gasteiger partial charge in [-0.25, -0.2) is 19.6 Å². The number of carbonyl (C=O) groups excluding carboxylic acids is 4. The molecular weight excluding hydrogens is 640 g/mol. The number of methoxy groups -OCH3 is 2. The number of H-pyrrole nitrogens is 2. The van der Waals surface area contributed by atoms with Gasteiger partial charge >= 0.3 is 12.2 Å². The second-order valence-electron chi connectivity index (χ2n) is 13.3. The number of nitrogens with zero attached hydrogens (tertiary/aromatic N) is 4. The fourth-order valence-corrected chi connectivity index (χ4v) is 6.48. The Hall–Kier alpha value is -5.32. The Kier molecular flexibility index (Phi) is 11.5. The highest BCUT2D eigenvalue weighted by Crippen LogP contribution is 2.33. The Bertz CT molecular complexity index is 1740. The second kappa shape index (κ2) is 15.9. The van der Waals surface area contributed by atoms with E-state index in [0.29, 0.717) is 30.4 Å². The van der Waals surface area contributed by atoms with Gasteiger partial charge in [-0.3, -0.25) is 9.59 Å². The van der Waals surface area contributed by atoms with Gasteiger partial charge in [-0.15, -0.1) is 0 Å². The number of hydrogen-bond acceptors (Lipinski definition) is 8. The van der Waals surface area contributed by atoms with Crippen molar-refractivity contribution in [2.45, 2.75) is 77.5 Å². The predicted octanol–water partition coefficient (Wildman–Crippen LogP) is 4.29. The standard InChI is InChI=1S/C36H46N8O6/c1-21(2)29(41-35(47)49-5)33(45)43-17-7-9-27(43)31-37-19-25(39-31)16-13-23-11-14-24(15-12-23)26-20-38-32(40-26)28-10-8-18-44(28)34(46)30(22(3)4)42-36(48)50-6/h11-12,14-15,19-22,27-30H,7-10,17-18H2,1-6H3,(H,37,39)(H,38,40)(H,41,47)(H,42,48)/t27-,28?,29-,30-/m0/s1. The number of imidazole rings is 2. The molecule has 4 amide bonds. The highest BCUT2D eigenvalue weighted by atomic mass is 16.5. The largest absolute Gasteiger partial charge is 0.453 e. The second-order valence-corrected chi connectivity index (χ2v) is 13.3. The molecule has 2 aliphatic rings. The number of aromatic nitrogens is 4. The molecule has 4 heterocycles. The van der Waals surface area contributed by atoms with Crippen molar-refractivity contribution in [2.75, 3.05) is 27.3 Å². The van der Waals surface area contributed by atoms with Crippen LogP contribution in [-0.4, -0.2) is 93.1 Å². The first kappa shape index (κ1) is 36.0. The van der Waals surface area contributed by atoms with Crippen LogP contribution in [0.15, 0.2) is 36.7 Å². The number of likely N-dealkylation sites (tertiary alicyclic amines) is 2. The minimum Gasteiger partial charge on any atom is -0.453 e. The van der Waals surface area contributed by atoms with E-state index >= 15 is 0 Å². The molecular formula is C36H46N8O6. The quantitative estimate of drug-likeness (QED) is 0.241. The van der Waals surface area contributed by atoms with Crippen molar-refractivity contribution in [2.24, 2.45) is 11.8 Å². The zero-order chi connectivity index (χ0) is 35.9. The Morgan fingerprint density at radius 3 is 1.76 bits per heavy atom. The minimum atomic E-state index is -0.700. The first-order chi connectivity index (χ1) is 24.0. The fraction of sp³-hybridized carbons (Fsp3) is 0.500. The molecule has 4 N–H and O–H groups in total. The van der Waals surface area contributed by atoms with Gasteiger partial charge in [-0.1, -0.05) is 45.7 Å². The molecule has 0 radical (unpaired) electrons. The molecule has 14 heteroatoms. The predicted molar refractivity (Wildman–Crippen MR) is 184 cm³/mol. The van der Waals surface area contributed by atoms with Crippen LogP contribution >= 0.6 is 0 Å². The van der Waals surface area contributed by atoms with E-state index < -0.39 is 24.3 Å². The van der Waals surface area contributed by atoms with Crippen molar-refractivity contribution in [3.05, 3.63) is 59.6 Å². The number of alkyl carbamates (subject to hydrolysis) is 2. The van der Waals surface area contributed by atoms with Crippen LogP contribution in [0.25, 0.3) is 11.3 Å². The maximum absolute atomic E-state index is 13.5. The molecule has 0 spiro atoms. The van der Waals surface area contributed by atoms with Crippen LogP contribution in [0.3, 0.4) is 0 Å². The molecule has 14 nitrogen and oxygen atoms in total. The number of aromatic amines is 2. The molecule has 2 saturated heterocycles. The smallest absolute Gasteiger partial charge is 0.407 e. The summed E-state index contributed by atoms with van der Waals surface area (Å²) in [7, 11) is 2.56. The number of hydrogen-bond donors (Lipinski definition) is 4. The molecule has 50 heavy (non-hydrogen) atoms. The lowest BCUT2D eigenvalue weighted by Crippen LogP contribution is -2.51. The van der Waals surface area contributed by atoms with Gasteiger partial charge in [0.05, 0.1) is 44.4 Å². The molecule has 0 saturated carbocycles. The third-order valence-corrected chi connectivity index (χ3v) is 9.21. The summed E-state index contributed by atoms with van der Waals surface area (Å²) >= 11 is 0. The summed E-state index contributed by atoms with van der Waals surface area (Å²) < 4.78 is 9.45. The van der Waals surface area contributed by atoms with Gasteiger partial charge in [0, 0.05) is 18.7 Å². The van der Waals surface area contributed by atoms with Crippen molar-refractivity contribution in [3.63, 3.8) is 0 Å². The van der Waals surface area contributed by atoms with Crippen LogP contribution in [0, 0.1) is 23.7 Å². The lowest BCUT2D eigenvalue weighted by molar-refractivity contribution is -0.136. The van der Waals surface area contributed by atoms with E-state index in [9.17, 15) is 19.2 Å². The summed E-state index contributed by atoms with van der Waals surface area (Å²) in [6, 6.07) is 5.92. The molecule has 266 valence electrons. The molecule has 2 aromatic heterocycles. The number of amides is 4. The maximum atomic E-state index is 13.5.